The molecular weight excluding hydrogens is 340 g/mol. The molecule has 2 aromatic rings. The van der Waals surface area contributed by atoms with Gasteiger partial charge >= 0.3 is 0 Å². The topological polar surface area (TPSA) is 140 Å². The van der Waals surface area contributed by atoms with Crippen LogP contribution in [0.3, 0.4) is 0 Å². The van der Waals surface area contributed by atoms with Crippen molar-refractivity contribution in [3.8, 4) is 6.07 Å². The predicted octanol–water partition coefficient (Wildman–Crippen LogP) is 1.30. The number of sulfone groups is 1. The first-order valence-electron chi connectivity index (χ1n) is 7.26. The van der Waals surface area contributed by atoms with E-state index >= 15 is 0 Å². The Labute approximate surface area is 145 Å². The Balaban J connectivity index is 2.32. The molecule has 0 saturated carbocycles. The van der Waals surface area contributed by atoms with Crippen LogP contribution in [0.2, 0.25) is 0 Å². The Morgan fingerprint density at radius 3 is 2.44 bits per heavy atom. The maximum absolute atomic E-state index is 12.4. The first kappa shape index (κ1) is 18.3. The zero-order valence-corrected chi connectivity index (χ0v) is 14.0. The van der Waals surface area contributed by atoms with Crippen molar-refractivity contribution in [2.45, 2.75) is 17.5 Å². The smallest absolute Gasteiger partial charge is 0.233 e. The van der Waals surface area contributed by atoms with Gasteiger partial charge in [-0.3, -0.25) is 4.79 Å². The highest BCUT2D eigenvalue weighted by Gasteiger charge is 2.21. The van der Waals surface area contributed by atoms with E-state index in [1.54, 1.807) is 36.4 Å². The molecule has 2 rings (SSSR count). The first-order chi connectivity index (χ1) is 11.8. The average Bonchev–Trinajstić information content (AvgIpc) is 2.60. The number of carbonyl (C=O) groups is 1. The highest BCUT2D eigenvalue weighted by atomic mass is 32.2. The summed E-state index contributed by atoms with van der Waals surface area (Å²) in [6.07, 6.45) is 2.61. The van der Waals surface area contributed by atoms with E-state index in [9.17, 15) is 18.5 Å². The van der Waals surface area contributed by atoms with E-state index in [4.69, 9.17) is 11.5 Å². The summed E-state index contributed by atoms with van der Waals surface area (Å²) < 4.78 is 24.9. The number of benzene rings is 1. The number of nitriles is 1. The van der Waals surface area contributed by atoms with Gasteiger partial charge in [-0.2, -0.15) is 5.26 Å². The van der Waals surface area contributed by atoms with Crippen molar-refractivity contribution in [3.63, 3.8) is 0 Å². The van der Waals surface area contributed by atoms with Crippen LogP contribution in [0.4, 0.5) is 0 Å². The molecule has 1 heterocycles. The average molecular weight is 356 g/mol. The lowest BCUT2D eigenvalue weighted by molar-refractivity contribution is -0.118. The number of hydrogen-bond acceptors (Lipinski definition) is 6. The molecule has 1 unspecified atom stereocenters. The summed E-state index contributed by atoms with van der Waals surface area (Å²) in [7, 11) is -3.99. The van der Waals surface area contributed by atoms with E-state index < -0.39 is 26.7 Å². The number of hydrogen-bond donors (Lipinski definition) is 2. The second-order valence-corrected chi connectivity index (χ2v) is 7.10. The molecule has 0 aliphatic rings. The van der Waals surface area contributed by atoms with Gasteiger partial charge in [-0.15, -0.1) is 0 Å². The SMILES string of the molecule is N#C/C(=C\c1ccc(C(N)CC(N)=O)cc1)S(=O)(=O)c1ccccn1. The molecule has 0 saturated heterocycles. The molecule has 8 heteroatoms. The molecule has 25 heavy (non-hydrogen) atoms. The molecule has 0 bridgehead atoms. The van der Waals surface area contributed by atoms with E-state index in [0.717, 1.165) is 0 Å². The van der Waals surface area contributed by atoms with Crippen LogP contribution in [0, 0.1) is 11.3 Å². The molecule has 1 atom stereocenters. The number of primary amides is 1. The minimum absolute atomic E-state index is 0.00663. The summed E-state index contributed by atoms with van der Waals surface area (Å²) in [6.45, 7) is 0. The highest BCUT2D eigenvalue weighted by molar-refractivity contribution is 7.95. The number of allylic oxidation sites excluding steroid dienone is 1. The third kappa shape index (κ3) is 4.50. The van der Waals surface area contributed by atoms with Gasteiger partial charge in [-0.05, 0) is 29.3 Å². The Hall–Kier alpha value is -3.02. The van der Waals surface area contributed by atoms with Crippen LogP contribution in [-0.4, -0.2) is 19.3 Å². The third-order valence-electron chi connectivity index (χ3n) is 3.40. The predicted molar refractivity (Wildman–Crippen MR) is 92.2 cm³/mol. The van der Waals surface area contributed by atoms with Crippen LogP contribution in [-0.2, 0) is 14.6 Å². The van der Waals surface area contributed by atoms with Crippen LogP contribution in [0.15, 0.2) is 58.6 Å². The molecular formula is C17H16N4O3S. The molecule has 0 aliphatic heterocycles. The molecule has 1 amide bonds. The first-order valence-corrected chi connectivity index (χ1v) is 8.74. The van der Waals surface area contributed by atoms with Crippen LogP contribution >= 0.6 is 0 Å². The number of nitrogens with two attached hydrogens (primary N) is 2. The van der Waals surface area contributed by atoms with Crippen molar-refractivity contribution in [1.82, 2.24) is 4.98 Å². The van der Waals surface area contributed by atoms with Gasteiger partial charge in [0.15, 0.2) is 9.93 Å². The fraction of sp³-hybridized carbons (Fsp3) is 0.118. The maximum atomic E-state index is 12.4. The molecule has 4 N–H and O–H groups in total. The van der Waals surface area contributed by atoms with Crippen molar-refractivity contribution < 1.29 is 13.2 Å². The van der Waals surface area contributed by atoms with Crippen molar-refractivity contribution in [1.29, 1.82) is 5.26 Å². The van der Waals surface area contributed by atoms with Crippen LogP contribution in [0.5, 0.6) is 0 Å². The summed E-state index contributed by atoms with van der Waals surface area (Å²) in [5, 5.41) is 9.04. The summed E-state index contributed by atoms with van der Waals surface area (Å²) in [5.41, 5.74) is 12.1. The number of nitrogens with zero attached hydrogens (tertiary/aromatic N) is 2. The number of amides is 1. The standard InChI is InChI=1S/C17H16N4O3S/c18-11-14(25(23,24)17-3-1-2-8-21-17)9-12-4-6-13(7-5-12)15(19)10-16(20)22/h1-9,15H,10,19H2,(H2,20,22)/b14-9+. The van der Waals surface area contributed by atoms with E-state index in [1.165, 1.54) is 24.4 Å². The lowest BCUT2D eigenvalue weighted by Crippen LogP contribution is -2.20. The largest absolute Gasteiger partial charge is 0.370 e. The number of rotatable bonds is 6. The highest BCUT2D eigenvalue weighted by Crippen LogP contribution is 2.21. The molecule has 7 nitrogen and oxygen atoms in total. The van der Waals surface area contributed by atoms with E-state index in [0.29, 0.717) is 11.1 Å². The van der Waals surface area contributed by atoms with Crippen molar-refractivity contribution in [2.75, 3.05) is 0 Å². The quantitative estimate of drug-likeness (QED) is 0.747. The van der Waals surface area contributed by atoms with E-state index in [-0.39, 0.29) is 11.4 Å². The molecule has 1 aromatic carbocycles. The Kier molecular flexibility index (Phi) is 5.64. The molecule has 128 valence electrons. The number of pyridine rings is 1. The summed E-state index contributed by atoms with van der Waals surface area (Å²) in [4.78, 5) is 14.3. The van der Waals surface area contributed by atoms with Gasteiger partial charge in [0.2, 0.25) is 15.7 Å². The number of carbonyl (C=O) groups excluding carboxylic acids is 1. The Morgan fingerprint density at radius 1 is 1.24 bits per heavy atom. The Morgan fingerprint density at radius 2 is 1.92 bits per heavy atom. The van der Waals surface area contributed by atoms with Gasteiger partial charge < -0.3 is 11.5 Å². The van der Waals surface area contributed by atoms with Crippen LogP contribution < -0.4 is 11.5 Å². The lowest BCUT2D eigenvalue weighted by atomic mass is 10.0. The minimum atomic E-state index is -3.99. The van der Waals surface area contributed by atoms with Crippen molar-refractivity contribution in [3.05, 3.63) is 64.7 Å². The minimum Gasteiger partial charge on any atom is -0.370 e. The Bertz CT molecular complexity index is 930. The van der Waals surface area contributed by atoms with Gasteiger partial charge in [-0.1, -0.05) is 30.3 Å². The van der Waals surface area contributed by atoms with Crippen molar-refractivity contribution >= 4 is 21.8 Å². The monoisotopic (exact) mass is 356 g/mol. The van der Waals surface area contributed by atoms with Crippen molar-refractivity contribution in [2.24, 2.45) is 11.5 Å². The maximum Gasteiger partial charge on any atom is 0.233 e. The van der Waals surface area contributed by atoms with Gasteiger partial charge in [0.1, 0.15) is 6.07 Å². The third-order valence-corrected chi connectivity index (χ3v) is 4.98. The fourth-order valence-electron chi connectivity index (χ4n) is 2.11. The molecule has 0 radical (unpaired) electrons. The van der Waals surface area contributed by atoms with E-state index in [2.05, 4.69) is 4.98 Å². The molecule has 0 spiro atoms. The zero-order chi connectivity index (χ0) is 18.4. The summed E-state index contributed by atoms with van der Waals surface area (Å²) >= 11 is 0. The molecule has 0 fully saturated rings. The summed E-state index contributed by atoms with van der Waals surface area (Å²) in [5.74, 6) is -0.510. The van der Waals surface area contributed by atoms with Crippen LogP contribution in [0.1, 0.15) is 23.6 Å². The van der Waals surface area contributed by atoms with E-state index in [1.807, 2.05) is 0 Å². The van der Waals surface area contributed by atoms with Gasteiger partial charge in [-0.25, -0.2) is 13.4 Å². The van der Waals surface area contributed by atoms with Crippen LogP contribution in [0.25, 0.3) is 6.08 Å². The normalized spacial score (nSPS) is 13.0. The molecule has 1 aromatic heterocycles. The fourth-order valence-corrected chi connectivity index (χ4v) is 3.21. The second-order valence-electron chi connectivity index (χ2n) is 5.24. The summed E-state index contributed by atoms with van der Waals surface area (Å²) in [6, 6.07) is 12.1. The van der Waals surface area contributed by atoms with Gasteiger partial charge in [0.05, 0.1) is 0 Å². The molecule has 0 aliphatic carbocycles. The number of aromatic nitrogens is 1. The van der Waals surface area contributed by atoms with Gasteiger partial charge in [0, 0.05) is 18.7 Å². The second kappa shape index (κ2) is 7.70. The zero-order valence-electron chi connectivity index (χ0n) is 13.2. The van der Waals surface area contributed by atoms with Gasteiger partial charge in [0.25, 0.3) is 0 Å². The lowest BCUT2D eigenvalue weighted by Gasteiger charge is -2.10.